The molecule has 0 aliphatic carbocycles. The third-order valence-electron chi connectivity index (χ3n) is 6.44. The Kier molecular flexibility index (Phi) is 13.2. The Balaban J connectivity index is 1.63. The standard InChI is InChI=1S/C33H38N3O7PS/c1-3-41-44(45,42-4-2)43-33(25-39-22-27-14-8-5-9-15-27,26-40-23-28-16-10-6-11-17-28)24-36-21-20-30(35-32(36)38)34-31(37)29-18-12-7-13-19-29/h5-21H,3-4,22-26H2,1-2H3,(H,34,35,37,38). The molecule has 1 heterocycles. The van der Waals surface area contributed by atoms with Crippen molar-refractivity contribution in [3.05, 3.63) is 130 Å². The van der Waals surface area contributed by atoms with Gasteiger partial charge in [-0.1, -0.05) is 78.9 Å². The lowest BCUT2D eigenvalue weighted by atomic mass is 10.1. The van der Waals surface area contributed by atoms with Gasteiger partial charge in [-0.2, -0.15) is 4.98 Å². The SMILES string of the molecule is CCOP(=S)(OCC)OC(COCc1ccccc1)(COCc1ccccc1)Cn1ccc(NC(=O)c2ccccc2)nc1=O. The van der Waals surface area contributed by atoms with Gasteiger partial charge in [-0.3, -0.25) is 13.9 Å². The smallest absolute Gasteiger partial charge is 0.349 e. The monoisotopic (exact) mass is 651 g/mol. The van der Waals surface area contributed by atoms with Gasteiger partial charge < -0.3 is 23.8 Å². The summed E-state index contributed by atoms with van der Waals surface area (Å²) in [6.45, 7) is 1.35. The maximum Gasteiger partial charge on any atom is 0.349 e. The summed E-state index contributed by atoms with van der Waals surface area (Å²) < 4.78 is 32.0. The lowest BCUT2D eigenvalue weighted by Crippen LogP contribution is -2.48. The molecule has 4 rings (SSSR count). The van der Waals surface area contributed by atoms with Crippen LogP contribution in [0, 0.1) is 0 Å². The summed E-state index contributed by atoms with van der Waals surface area (Å²) >= 11 is 5.78. The van der Waals surface area contributed by atoms with E-state index < -0.39 is 18.0 Å². The van der Waals surface area contributed by atoms with Gasteiger partial charge in [0.1, 0.15) is 11.4 Å². The van der Waals surface area contributed by atoms with Crippen LogP contribution in [0.2, 0.25) is 0 Å². The van der Waals surface area contributed by atoms with Crippen LogP contribution in [0.5, 0.6) is 0 Å². The Morgan fingerprint density at radius 1 is 0.822 bits per heavy atom. The number of carbonyl (C=O) groups excluding carboxylic acids is 1. The largest absolute Gasteiger partial charge is 0.374 e. The summed E-state index contributed by atoms with van der Waals surface area (Å²) in [5.41, 5.74) is 0.440. The van der Waals surface area contributed by atoms with E-state index >= 15 is 0 Å². The average molecular weight is 652 g/mol. The van der Waals surface area contributed by atoms with Gasteiger partial charge in [0.15, 0.2) is 0 Å². The van der Waals surface area contributed by atoms with E-state index in [0.717, 1.165) is 11.1 Å². The number of hydrogen-bond acceptors (Lipinski definition) is 9. The van der Waals surface area contributed by atoms with Crippen LogP contribution in [0.15, 0.2) is 108 Å². The Labute approximate surface area is 268 Å². The van der Waals surface area contributed by atoms with Gasteiger partial charge >= 0.3 is 12.4 Å². The van der Waals surface area contributed by atoms with Gasteiger partial charge in [-0.15, -0.1) is 0 Å². The summed E-state index contributed by atoms with van der Waals surface area (Å²) in [6, 6.07) is 29.6. The summed E-state index contributed by atoms with van der Waals surface area (Å²) in [7, 11) is 0. The summed E-state index contributed by atoms with van der Waals surface area (Å²) in [6.07, 6.45) is 1.54. The molecule has 4 aromatic rings. The first-order valence-corrected chi connectivity index (χ1v) is 17.2. The van der Waals surface area contributed by atoms with Crippen LogP contribution in [-0.2, 0) is 54.6 Å². The molecule has 1 amide bonds. The number of rotatable bonds is 18. The highest BCUT2D eigenvalue weighted by molar-refractivity contribution is 8.07. The van der Waals surface area contributed by atoms with Crippen molar-refractivity contribution in [2.75, 3.05) is 31.7 Å². The molecule has 0 atom stereocenters. The fraction of sp³-hybridized carbons (Fsp3) is 0.303. The van der Waals surface area contributed by atoms with E-state index in [9.17, 15) is 9.59 Å². The molecule has 1 aromatic heterocycles. The van der Waals surface area contributed by atoms with Crippen molar-refractivity contribution in [2.45, 2.75) is 39.2 Å². The fourth-order valence-electron chi connectivity index (χ4n) is 4.42. The van der Waals surface area contributed by atoms with Crippen LogP contribution in [0.3, 0.4) is 0 Å². The van der Waals surface area contributed by atoms with Crippen LogP contribution >= 0.6 is 6.72 Å². The lowest BCUT2D eigenvalue weighted by molar-refractivity contribution is -0.104. The molecule has 0 saturated carbocycles. The number of hydrogen-bond donors (Lipinski definition) is 1. The molecule has 0 unspecified atom stereocenters. The van der Waals surface area contributed by atoms with E-state index in [2.05, 4.69) is 10.3 Å². The highest BCUT2D eigenvalue weighted by Gasteiger charge is 2.40. The van der Waals surface area contributed by atoms with Gasteiger partial charge in [-0.05, 0) is 55.0 Å². The van der Waals surface area contributed by atoms with Gasteiger partial charge in [0.05, 0.1) is 46.2 Å². The first-order valence-electron chi connectivity index (χ1n) is 14.6. The predicted octanol–water partition coefficient (Wildman–Crippen LogP) is 5.98. The molecule has 0 saturated heterocycles. The van der Waals surface area contributed by atoms with Crippen molar-refractivity contribution < 1.29 is 27.8 Å². The highest BCUT2D eigenvalue weighted by Crippen LogP contribution is 2.53. The van der Waals surface area contributed by atoms with Crippen molar-refractivity contribution in [2.24, 2.45) is 0 Å². The minimum absolute atomic E-state index is 0.00580. The predicted molar refractivity (Wildman–Crippen MR) is 176 cm³/mol. The quantitative estimate of drug-likeness (QED) is 0.130. The number of benzene rings is 3. The third-order valence-corrected chi connectivity index (χ3v) is 9.06. The topological polar surface area (TPSA) is 110 Å². The second-order valence-corrected chi connectivity index (χ2v) is 13.0. The molecule has 238 valence electrons. The zero-order valence-electron chi connectivity index (χ0n) is 25.4. The van der Waals surface area contributed by atoms with E-state index in [4.69, 9.17) is 34.9 Å². The summed E-state index contributed by atoms with van der Waals surface area (Å²) in [5, 5.41) is 2.67. The third kappa shape index (κ3) is 10.8. The van der Waals surface area contributed by atoms with Gasteiger partial charge in [0, 0.05) is 11.8 Å². The van der Waals surface area contributed by atoms with Crippen molar-refractivity contribution in [1.82, 2.24) is 9.55 Å². The lowest BCUT2D eigenvalue weighted by Gasteiger charge is -2.37. The van der Waals surface area contributed by atoms with Crippen molar-refractivity contribution >= 4 is 30.3 Å². The van der Waals surface area contributed by atoms with Gasteiger partial charge in [-0.25, -0.2) is 4.79 Å². The molecule has 0 fully saturated rings. The van der Waals surface area contributed by atoms with Crippen molar-refractivity contribution in [3.8, 4) is 0 Å². The maximum atomic E-state index is 13.3. The Hall–Kier alpha value is -3.54. The Morgan fingerprint density at radius 3 is 1.82 bits per heavy atom. The molecule has 45 heavy (non-hydrogen) atoms. The van der Waals surface area contributed by atoms with Crippen LogP contribution in [0.4, 0.5) is 5.82 Å². The zero-order valence-corrected chi connectivity index (χ0v) is 27.1. The van der Waals surface area contributed by atoms with Gasteiger partial charge in [0.2, 0.25) is 0 Å². The fourth-order valence-corrected chi connectivity index (χ4v) is 6.98. The van der Waals surface area contributed by atoms with Crippen LogP contribution in [0.1, 0.15) is 35.3 Å². The number of nitrogens with one attached hydrogen (secondary N) is 1. The summed E-state index contributed by atoms with van der Waals surface area (Å²) in [4.78, 5) is 30.1. The maximum absolute atomic E-state index is 13.3. The number of anilines is 1. The molecule has 0 spiro atoms. The molecule has 0 bridgehead atoms. The molecule has 12 heteroatoms. The average Bonchev–Trinajstić information content (AvgIpc) is 3.04. The van der Waals surface area contributed by atoms with Crippen LogP contribution in [-0.4, -0.2) is 47.5 Å². The van der Waals surface area contributed by atoms with E-state index in [1.165, 1.54) is 10.8 Å². The first kappa shape index (κ1) is 34.3. The zero-order chi connectivity index (χ0) is 32.0. The van der Waals surface area contributed by atoms with E-state index in [1.54, 1.807) is 44.2 Å². The Morgan fingerprint density at radius 2 is 1.33 bits per heavy atom. The van der Waals surface area contributed by atoms with Crippen LogP contribution in [0.25, 0.3) is 0 Å². The number of nitrogens with zero attached hydrogens (tertiary/aromatic N) is 2. The molecular weight excluding hydrogens is 613 g/mol. The number of aromatic nitrogens is 2. The molecule has 1 N–H and O–H groups in total. The molecule has 0 aliphatic rings. The summed E-state index contributed by atoms with van der Waals surface area (Å²) in [5.74, 6) is -0.262. The first-order chi connectivity index (χ1) is 21.8. The molecule has 10 nitrogen and oxygen atoms in total. The number of carbonyl (C=O) groups is 1. The van der Waals surface area contributed by atoms with Crippen molar-refractivity contribution in [3.63, 3.8) is 0 Å². The molecular formula is C33H38N3O7PS. The van der Waals surface area contributed by atoms with E-state index in [1.807, 2.05) is 66.7 Å². The highest BCUT2D eigenvalue weighted by atomic mass is 32.5. The normalized spacial score (nSPS) is 11.8. The minimum atomic E-state index is -3.30. The second-order valence-electron chi connectivity index (χ2n) is 10.1. The Bertz CT molecular complexity index is 1530. The minimum Gasteiger partial charge on any atom is -0.374 e. The van der Waals surface area contributed by atoms with Gasteiger partial charge in [0.25, 0.3) is 5.91 Å². The number of amides is 1. The van der Waals surface area contributed by atoms with Crippen molar-refractivity contribution in [1.29, 1.82) is 0 Å². The van der Waals surface area contributed by atoms with E-state index in [0.29, 0.717) is 5.56 Å². The number of ether oxygens (including phenoxy) is 2. The molecule has 0 aliphatic heterocycles. The van der Waals surface area contributed by atoms with E-state index in [-0.39, 0.29) is 57.9 Å². The second kappa shape index (κ2) is 17.2. The molecule has 3 aromatic carbocycles. The molecule has 0 radical (unpaired) electrons. The van der Waals surface area contributed by atoms with Crippen LogP contribution < -0.4 is 11.0 Å².